The predicted octanol–water partition coefficient (Wildman–Crippen LogP) is 5.13. The van der Waals surface area contributed by atoms with E-state index in [0.717, 1.165) is 0 Å². The summed E-state index contributed by atoms with van der Waals surface area (Å²) in [5, 5.41) is 12.0. The van der Waals surface area contributed by atoms with Gasteiger partial charge in [0.2, 0.25) is 5.88 Å². The second kappa shape index (κ2) is 7.87. The smallest absolute Gasteiger partial charge is 0.262 e. The first-order chi connectivity index (χ1) is 13.0. The van der Waals surface area contributed by atoms with Crippen molar-refractivity contribution < 1.29 is 5.11 Å². The zero-order valence-corrected chi connectivity index (χ0v) is 18.3. The largest absolute Gasteiger partial charge is 0.494 e. The van der Waals surface area contributed by atoms with Crippen LogP contribution in [0.15, 0.2) is 43.9 Å². The number of aliphatic imine (C=N–C) groups is 2. The lowest BCUT2D eigenvalue weighted by atomic mass is 10.1. The van der Waals surface area contributed by atoms with E-state index in [9.17, 15) is 9.90 Å². The highest BCUT2D eigenvalue weighted by molar-refractivity contribution is 8.18. The van der Waals surface area contributed by atoms with Gasteiger partial charge in [-0.25, -0.2) is 4.99 Å². The molecule has 2 aromatic rings. The highest BCUT2D eigenvalue weighted by atomic mass is 35.5. The average Bonchev–Trinajstić information content (AvgIpc) is 2.90. The van der Waals surface area contributed by atoms with Crippen LogP contribution in [0.25, 0.3) is 11.8 Å². The number of allylic oxidation sites excluding steroid dienone is 1. The molecule has 0 fully saturated rings. The Morgan fingerprint density at radius 3 is 2.54 bits per heavy atom. The van der Waals surface area contributed by atoms with Gasteiger partial charge < -0.3 is 5.11 Å². The molecule has 0 amide bonds. The molecule has 0 saturated carbocycles. The molecule has 1 aromatic heterocycles. The van der Waals surface area contributed by atoms with Gasteiger partial charge in [-0.1, -0.05) is 23.2 Å². The van der Waals surface area contributed by atoms with Crippen molar-refractivity contribution in [1.82, 2.24) is 9.55 Å². The molecule has 0 unspecified atom stereocenters. The third kappa shape index (κ3) is 4.57. The fraction of sp³-hybridized carbons (Fsp3) is 0.222. The maximum atomic E-state index is 12.4. The predicted molar refractivity (Wildman–Crippen MR) is 120 cm³/mol. The molecule has 0 aliphatic carbocycles. The number of aromatic hydroxyl groups is 1. The molecule has 10 heteroatoms. The molecule has 1 aliphatic rings. The van der Waals surface area contributed by atoms with Crippen LogP contribution in [0.4, 0.5) is 0 Å². The minimum atomic E-state index is -0.536. The monoisotopic (exact) mass is 454 g/mol. The number of amidine groups is 1. The van der Waals surface area contributed by atoms with E-state index in [2.05, 4.69) is 15.0 Å². The van der Waals surface area contributed by atoms with Gasteiger partial charge >= 0.3 is 0 Å². The standard InChI is InChI=1S/C18H16Cl2N4O2S2/c1-18(2,3)23-16-21-13(20)12(28-16)8-11-14(25)22-17(27)24(15(11)26)10-6-4-9(19)5-7-10/h4-8,26H,1-3H3,(H,22,25,27). The number of hydrogen-bond donors (Lipinski definition) is 2. The van der Waals surface area contributed by atoms with E-state index in [1.54, 1.807) is 24.3 Å². The summed E-state index contributed by atoms with van der Waals surface area (Å²) in [7, 11) is 0. The van der Waals surface area contributed by atoms with Gasteiger partial charge in [0.05, 0.1) is 16.1 Å². The van der Waals surface area contributed by atoms with E-state index in [-0.39, 0.29) is 26.9 Å². The van der Waals surface area contributed by atoms with Crippen LogP contribution in [0.5, 0.6) is 5.88 Å². The van der Waals surface area contributed by atoms with Crippen LogP contribution in [-0.2, 0) is 0 Å². The number of hydrogen-bond acceptors (Lipinski definition) is 5. The van der Waals surface area contributed by atoms with Crippen molar-refractivity contribution in [3.63, 3.8) is 0 Å². The van der Waals surface area contributed by atoms with E-state index in [1.807, 2.05) is 20.8 Å². The third-order valence-electron chi connectivity index (χ3n) is 3.51. The van der Waals surface area contributed by atoms with Gasteiger partial charge in [0.15, 0.2) is 9.94 Å². The van der Waals surface area contributed by atoms with Crippen molar-refractivity contribution in [2.75, 3.05) is 0 Å². The molecule has 0 radical (unpaired) electrons. The molecule has 2 heterocycles. The van der Waals surface area contributed by atoms with Gasteiger partial charge in [-0.15, -0.1) is 0 Å². The van der Waals surface area contributed by atoms with E-state index in [0.29, 0.717) is 20.8 Å². The molecule has 0 bridgehead atoms. The van der Waals surface area contributed by atoms with Crippen molar-refractivity contribution in [3.8, 4) is 11.6 Å². The van der Waals surface area contributed by atoms with Gasteiger partial charge in [-0.2, -0.15) is 0 Å². The summed E-state index contributed by atoms with van der Waals surface area (Å²) >= 11 is 18.6. The number of aromatic nitrogens is 2. The number of nitrogens with one attached hydrogen (secondary N) is 1. The van der Waals surface area contributed by atoms with Crippen LogP contribution in [0.1, 0.15) is 26.3 Å². The van der Waals surface area contributed by atoms with Crippen LogP contribution in [-0.4, -0.2) is 30.5 Å². The maximum Gasteiger partial charge on any atom is 0.262 e. The Morgan fingerprint density at radius 2 is 1.93 bits per heavy atom. The second-order valence-corrected chi connectivity index (χ2v) is 9.08. The zero-order chi connectivity index (χ0) is 20.6. The third-order valence-corrected chi connectivity index (χ3v) is 5.34. The molecule has 3 rings (SSSR count). The maximum absolute atomic E-state index is 12.4. The Kier molecular flexibility index (Phi) is 5.86. The molecule has 0 spiro atoms. The first-order valence-electron chi connectivity index (χ1n) is 8.13. The summed E-state index contributed by atoms with van der Waals surface area (Å²) in [5.41, 5.74) is -0.292. The summed E-state index contributed by atoms with van der Waals surface area (Å²) in [5.74, 6) is -0.310. The lowest BCUT2D eigenvalue weighted by Gasteiger charge is -2.12. The lowest BCUT2D eigenvalue weighted by Crippen LogP contribution is -2.16. The summed E-state index contributed by atoms with van der Waals surface area (Å²) in [4.78, 5) is 24.2. The van der Waals surface area contributed by atoms with Crippen LogP contribution >= 0.6 is 47.2 Å². The first kappa shape index (κ1) is 20.9. The quantitative estimate of drug-likeness (QED) is 0.615. The fourth-order valence-electron chi connectivity index (χ4n) is 2.36. The van der Waals surface area contributed by atoms with Crippen molar-refractivity contribution in [2.45, 2.75) is 26.3 Å². The Balaban J connectivity index is 2.10. The number of benzene rings is 1. The normalized spacial score (nSPS) is 17.4. The molecule has 6 nitrogen and oxygen atoms in total. The van der Waals surface area contributed by atoms with Gasteiger partial charge in [0, 0.05) is 5.02 Å². The molecule has 1 aromatic carbocycles. The Morgan fingerprint density at radius 1 is 1.29 bits per heavy atom. The molecule has 28 heavy (non-hydrogen) atoms. The van der Waals surface area contributed by atoms with Crippen LogP contribution in [0.2, 0.25) is 5.02 Å². The minimum Gasteiger partial charge on any atom is -0.494 e. The van der Waals surface area contributed by atoms with Crippen LogP contribution in [0, 0.1) is 4.77 Å². The topological polar surface area (TPSA) is 82.7 Å². The van der Waals surface area contributed by atoms with E-state index in [1.165, 1.54) is 22.4 Å². The number of nitrogens with zero attached hydrogens (tertiary/aromatic N) is 3. The summed E-state index contributed by atoms with van der Waals surface area (Å²) in [6.07, 6.45) is 1.47. The second-order valence-electron chi connectivity index (χ2n) is 6.89. The van der Waals surface area contributed by atoms with Gasteiger partial charge in [0.25, 0.3) is 5.56 Å². The number of thioether (sulfide) groups is 1. The number of halogens is 2. The van der Waals surface area contributed by atoms with Crippen molar-refractivity contribution in [3.05, 3.63) is 54.9 Å². The van der Waals surface area contributed by atoms with Crippen LogP contribution in [0.3, 0.4) is 0 Å². The van der Waals surface area contributed by atoms with Crippen molar-refractivity contribution in [2.24, 2.45) is 9.98 Å². The van der Waals surface area contributed by atoms with Gasteiger partial charge in [-0.05, 0) is 75.1 Å². The highest BCUT2D eigenvalue weighted by Gasteiger charge is 2.23. The molecule has 146 valence electrons. The van der Waals surface area contributed by atoms with Crippen molar-refractivity contribution >= 4 is 63.6 Å². The Hall–Kier alpha value is -1.87. The number of H-pyrrole nitrogens is 1. The summed E-state index contributed by atoms with van der Waals surface area (Å²) < 4.78 is 1.40. The number of aromatic amines is 1. The van der Waals surface area contributed by atoms with E-state index < -0.39 is 5.56 Å². The minimum absolute atomic E-state index is 0.0106. The zero-order valence-electron chi connectivity index (χ0n) is 15.2. The lowest BCUT2D eigenvalue weighted by molar-refractivity contribution is 0.432. The molecule has 0 atom stereocenters. The van der Waals surface area contributed by atoms with E-state index >= 15 is 0 Å². The molecule has 0 saturated heterocycles. The summed E-state index contributed by atoms with van der Waals surface area (Å²) in [6.45, 7) is 5.83. The SMILES string of the molecule is CC(C)(C)N=C1N=C(Cl)C(=Cc2c(O)n(-c3ccc(Cl)cc3)c(=S)[nH]c2=O)S1. The number of rotatable bonds is 2. The highest BCUT2D eigenvalue weighted by Crippen LogP contribution is 2.33. The summed E-state index contributed by atoms with van der Waals surface area (Å²) in [6, 6.07) is 6.68. The average molecular weight is 455 g/mol. The van der Waals surface area contributed by atoms with Crippen LogP contribution < -0.4 is 5.56 Å². The Labute approximate surface area is 180 Å². The van der Waals surface area contributed by atoms with E-state index in [4.69, 9.17) is 35.4 Å². The molecule has 2 N–H and O–H groups in total. The molecule has 1 aliphatic heterocycles. The first-order valence-corrected chi connectivity index (χ1v) is 10.1. The molecular formula is C18H16Cl2N4O2S2. The molecular weight excluding hydrogens is 439 g/mol. The fourth-order valence-corrected chi connectivity index (χ4v) is 4.03. The Bertz CT molecular complexity index is 1140. The van der Waals surface area contributed by atoms with Gasteiger partial charge in [-0.3, -0.25) is 19.3 Å². The van der Waals surface area contributed by atoms with Crippen molar-refractivity contribution in [1.29, 1.82) is 0 Å². The van der Waals surface area contributed by atoms with Gasteiger partial charge in [0.1, 0.15) is 10.7 Å².